The summed E-state index contributed by atoms with van der Waals surface area (Å²) in [5.41, 5.74) is 5.72. The van der Waals surface area contributed by atoms with E-state index in [0.29, 0.717) is 12.4 Å². The topological polar surface area (TPSA) is 102 Å². The van der Waals surface area contributed by atoms with Crippen molar-refractivity contribution in [2.45, 2.75) is 37.6 Å². The Morgan fingerprint density at radius 1 is 1.40 bits per heavy atom. The van der Waals surface area contributed by atoms with Crippen LogP contribution < -0.4 is 10.5 Å². The van der Waals surface area contributed by atoms with Gasteiger partial charge in [-0.1, -0.05) is 19.3 Å². The van der Waals surface area contributed by atoms with E-state index in [4.69, 9.17) is 15.7 Å². The molecule has 1 fully saturated rings. The Morgan fingerprint density at radius 3 is 2.70 bits per heavy atom. The van der Waals surface area contributed by atoms with Crippen LogP contribution in [0.4, 0.5) is 5.69 Å². The summed E-state index contributed by atoms with van der Waals surface area (Å²) in [7, 11) is 0. The van der Waals surface area contributed by atoms with E-state index in [1.807, 2.05) is 6.07 Å². The van der Waals surface area contributed by atoms with E-state index in [1.54, 1.807) is 0 Å². The molecule has 0 bridgehead atoms. The summed E-state index contributed by atoms with van der Waals surface area (Å²) >= 11 is 0. The third-order valence-corrected chi connectivity index (χ3v) is 3.66. The van der Waals surface area contributed by atoms with Crippen LogP contribution in [0.1, 0.15) is 37.7 Å². The number of ether oxygens (including phenoxy) is 1. The van der Waals surface area contributed by atoms with Crippen LogP contribution in [0.15, 0.2) is 18.2 Å². The van der Waals surface area contributed by atoms with Gasteiger partial charge in [-0.2, -0.15) is 5.26 Å². The summed E-state index contributed by atoms with van der Waals surface area (Å²) in [5.74, 6) is 0.447. The average Bonchev–Trinajstić information content (AvgIpc) is 2.45. The van der Waals surface area contributed by atoms with Crippen LogP contribution in [0.5, 0.6) is 5.75 Å². The molecule has 1 saturated carbocycles. The van der Waals surface area contributed by atoms with E-state index in [1.165, 1.54) is 24.6 Å². The quantitative estimate of drug-likeness (QED) is 0.671. The predicted octanol–water partition coefficient (Wildman–Crippen LogP) is 2.51. The third-order valence-electron chi connectivity index (χ3n) is 3.66. The zero-order valence-corrected chi connectivity index (χ0v) is 11.2. The Labute approximate surface area is 117 Å². The average molecular weight is 275 g/mol. The van der Waals surface area contributed by atoms with E-state index in [0.717, 1.165) is 25.7 Å². The first-order valence-corrected chi connectivity index (χ1v) is 6.64. The van der Waals surface area contributed by atoms with Crippen molar-refractivity contribution in [1.29, 1.82) is 5.26 Å². The highest BCUT2D eigenvalue weighted by Gasteiger charge is 2.28. The van der Waals surface area contributed by atoms with Crippen LogP contribution in [0, 0.1) is 21.4 Å². The molecule has 0 aromatic heterocycles. The second-order valence-corrected chi connectivity index (χ2v) is 5.26. The summed E-state index contributed by atoms with van der Waals surface area (Å²) in [4.78, 5) is 10.2. The Balaban J connectivity index is 2.07. The number of benzene rings is 1. The van der Waals surface area contributed by atoms with Crippen molar-refractivity contribution in [3.63, 3.8) is 0 Å². The lowest BCUT2D eigenvalue weighted by molar-refractivity contribution is -0.385. The molecule has 0 saturated heterocycles. The fourth-order valence-corrected chi connectivity index (χ4v) is 2.48. The number of hydrogen-bond donors (Lipinski definition) is 1. The zero-order valence-electron chi connectivity index (χ0n) is 11.2. The van der Waals surface area contributed by atoms with Gasteiger partial charge in [-0.05, 0) is 18.9 Å². The minimum absolute atomic E-state index is 0.00205. The Kier molecular flexibility index (Phi) is 4.20. The first kappa shape index (κ1) is 14.3. The molecule has 0 atom stereocenters. The maximum Gasteiger partial charge on any atom is 0.287 e. The summed E-state index contributed by atoms with van der Waals surface area (Å²) in [6, 6.07) is 6.00. The highest BCUT2D eigenvalue weighted by Crippen LogP contribution is 2.28. The van der Waals surface area contributed by atoms with Crippen molar-refractivity contribution in [3.05, 3.63) is 33.9 Å². The minimum Gasteiger partial charge on any atom is -0.492 e. The van der Waals surface area contributed by atoms with Crippen molar-refractivity contribution in [3.8, 4) is 11.8 Å². The molecule has 0 aliphatic heterocycles. The lowest BCUT2D eigenvalue weighted by Gasteiger charge is -2.33. The molecule has 0 unspecified atom stereocenters. The van der Waals surface area contributed by atoms with Crippen molar-refractivity contribution in [2.75, 3.05) is 6.61 Å². The number of nitrogens with two attached hydrogens (primary N) is 1. The molecule has 1 aromatic rings. The van der Waals surface area contributed by atoms with E-state index in [2.05, 4.69) is 0 Å². The van der Waals surface area contributed by atoms with Gasteiger partial charge in [0.25, 0.3) is 5.69 Å². The van der Waals surface area contributed by atoms with Crippen molar-refractivity contribution in [2.24, 2.45) is 5.73 Å². The van der Waals surface area contributed by atoms with Crippen molar-refractivity contribution < 1.29 is 9.66 Å². The number of nitro benzene ring substituents is 1. The molecule has 6 nitrogen and oxygen atoms in total. The highest BCUT2D eigenvalue weighted by atomic mass is 16.6. The number of rotatable bonds is 4. The molecular weight excluding hydrogens is 258 g/mol. The molecule has 1 aliphatic carbocycles. The highest BCUT2D eigenvalue weighted by molar-refractivity contribution is 5.52. The SMILES string of the molecule is N#Cc1cc(OCC2(N)CCCCC2)ccc1[N+](=O)[O-]. The van der Waals surface area contributed by atoms with E-state index in [9.17, 15) is 10.1 Å². The number of nitro groups is 1. The molecule has 1 aliphatic rings. The maximum atomic E-state index is 10.7. The van der Waals surface area contributed by atoms with Gasteiger partial charge in [0.2, 0.25) is 0 Å². The van der Waals surface area contributed by atoms with Gasteiger partial charge in [-0.15, -0.1) is 0 Å². The molecule has 6 heteroatoms. The molecule has 0 radical (unpaired) electrons. The molecule has 1 aromatic carbocycles. The van der Waals surface area contributed by atoms with Crippen LogP contribution >= 0.6 is 0 Å². The fourth-order valence-electron chi connectivity index (χ4n) is 2.48. The summed E-state index contributed by atoms with van der Waals surface area (Å²) in [6.07, 6.45) is 5.25. The van der Waals surface area contributed by atoms with Gasteiger partial charge >= 0.3 is 0 Å². The molecule has 0 heterocycles. The predicted molar refractivity (Wildman–Crippen MR) is 73.3 cm³/mol. The summed E-state index contributed by atoms with van der Waals surface area (Å²) in [6.45, 7) is 0.371. The lowest BCUT2D eigenvalue weighted by Crippen LogP contribution is -2.47. The number of hydrogen-bond acceptors (Lipinski definition) is 5. The van der Waals surface area contributed by atoms with E-state index >= 15 is 0 Å². The van der Waals surface area contributed by atoms with Gasteiger partial charge in [0.1, 0.15) is 24.0 Å². The molecule has 2 rings (SSSR count). The van der Waals surface area contributed by atoms with Gasteiger partial charge < -0.3 is 10.5 Å². The van der Waals surface area contributed by atoms with Gasteiger partial charge in [-0.3, -0.25) is 10.1 Å². The van der Waals surface area contributed by atoms with Crippen LogP contribution in [0.3, 0.4) is 0 Å². The normalized spacial score (nSPS) is 17.2. The van der Waals surface area contributed by atoms with Gasteiger partial charge in [0.05, 0.1) is 10.5 Å². The van der Waals surface area contributed by atoms with Crippen molar-refractivity contribution >= 4 is 5.69 Å². The Hall–Kier alpha value is -2.13. The second-order valence-electron chi connectivity index (χ2n) is 5.26. The van der Waals surface area contributed by atoms with E-state index in [-0.39, 0.29) is 16.8 Å². The van der Waals surface area contributed by atoms with Crippen LogP contribution in [-0.2, 0) is 0 Å². The Morgan fingerprint density at radius 2 is 2.10 bits per heavy atom. The van der Waals surface area contributed by atoms with Gasteiger partial charge in [0.15, 0.2) is 0 Å². The summed E-state index contributed by atoms with van der Waals surface area (Å²) < 4.78 is 5.63. The van der Waals surface area contributed by atoms with E-state index < -0.39 is 4.92 Å². The van der Waals surface area contributed by atoms with Gasteiger partial charge in [-0.25, -0.2) is 0 Å². The zero-order chi connectivity index (χ0) is 14.6. The summed E-state index contributed by atoms with van der Waals surface area (Å²) in [5, 5.41) is 19.7. The first-order chi connectivity index (χ1) is 9.54. The van der Waals surface area contributed by atoms with Crippen molar-refractivity contribution in [1.82, 2.24) is 0 Å². The Bertz CT molecular complexity index is 545. The van der Waals surface area contributed by atoms with Gasteiger partial charge in [0, 0.05) is 12.1 Å². The molecule has 106 valence electrons. The standard InChI is InChI=1S/C14H17N3O3/c15-9-11-8-12(4-5-13(11)17(18)19)20-10-14(16)6-2-1-3-7-14/h4-5,8H,1-3,6-7,10,16H2. The van der Waals surface area contributed by atoms with Crippen LogP contribution in [0.25, 0.3) is 0 Å². The monoisotopic (exact) mass is 275 g/mol. The molecule has 0 amide bonds. The number of nitriles is 1. The second kappa shape index (κ2) is 5.88. The fraction of sp³-hybridized carbons (Fsp3) is 0.500. The third kappa shape index (κ3) is 3.25. The number of nitrogens with zero attached hydrogens (tertiary/aromatic N) is 2. The van der Waals surface area contributed by atoms with Crippen LogP contribution in [0.2, 0.25) is 0 Å². The molecule has 20 heavy (non-hydrogen) atoms. The first-order valence-electron chi connectivity index (χ1n) is 6.64. The smallest absolute Gasteiger partial charge is 0.287 e. The maximum absolute atomic E-state index is 10.7. The van der Waals surface area contributed by atoms with Crippen LogP contribution in [-0.4, -0.2) is 17.1 Å². The largest absolute Gasteiger partial charge is 0.492 e. The molecular formula is C14H17N3O3. The molecule has 2 N–H and O–H groups in total. The molecule has 0 spiro atoms. The lowest BCUT2D eigenvalue weighted by atomic mass is 9.83. The minimum atomic E-state index is -0.576.